The Kier molecular flexibility index (Phi) is 21.4. The van der Waals surface area contributed by atoms with Crippen LogP contribution in [0, 0.1) is 0 Å². The van der Waals surface area contributed by atoms with Crippen molar-refractivity contribution in [1.82, 2.24) is 0 Å². The smallest absolute Gasteiger partial charge is 0.0620 e. The predicted octanol–water partition coefficient (Wildman–Crippen LogP) is 16.4. The summed E-state index contributed by atoms with van der Waals surface area (Å²) >= 11 is 6.08. The van der Waals surface area contributed by atoms with Crippen molar-refractivity contribution in [2.75, 3.05) is 0 Å². The van der Waals surface area contributed by atoms with Gasteiger partial charge in [0.1, 0.15) is 40.0 Å². The van der Waals surface area contributed by atoms with Crippen molar-refractivity contribution >= 4 is 100 Å². The Hall–Kier alpha value is -4.25. The Labute approximate surface area is 496 Å². The minimum atomic E-state index is -1.91. The molecule has 1 aliphatic rings. The van der Waals surface area contributed by atoms with Crippen molar-refractivity contribution in [3.63, 3.8) is 0 Å². The van der Waals surface area contributed by atoms with Crippen LogP contribution in [0.4, 0.5) is 0 Å². The average molecular weight is 1200 g/mol. The second-order valence-corrected chi connectivity index (χ2v) is 30.4. The second kappa shape index (κ2) is 25.9. The van der Waals surface area contributed by atoms with Crippen LogP contribution in [0.1, 0.15) is 105 Å². The summed E-state index contributed by atoms with van der Waals surface area (Å²) in [5, 5.41) is 57.7. The van der Waals surface area contributed by atoms with Crippen LogP contribution < -0.4 is 31.4 Å². The summed E-state index contributed by atoms with van der Waals surface area (Å²) in [7, 11) is -1.91. The first-order valence-electron chi connectivity index (χ1n) is 24.8. The fourth-order valence-electron chi connectivity index (χ4n) is 8.64. The van der Waals surface area contributed by atoms with Gasteiger partial charge >= 0.3 is 21.0 Å². The molecule has 8 aromatic rings. The van der Waals surface area contributed by atoms with Crippen LogP contribution in [0.5, 0.6) is 23.0 Å². The molecule has 0 amide bonds. The number of hydrogen-bond donors (Lipinski definition) is 2. The zero-order chi connectivity index (χ0) is 54.7. The van der Waals surface area contributed by atoms with Crippen LogP contribution in [0.25, 0.3) is 0 Å². The van der Waals surface area contributed by atoms with Crippen molar-refractivity contribution in [2.24, 2.45) is 0 Å². The zero-order valence-corrected chi connectivity index (χ0v) is 52.8. The van der Waals surface area contributed by atoms with E-state index in [0.717, 1.165) is 39.6 Å². The van der Waals surface area contributed by atoms with E-state index in [1.807, 2.05) is 48.5 Å². The molecule has 1 heterocycles. The topological polar surface area (TPSA) is 104 Å². The third kappa shape index (κ3) is 14.4. The Morgan fingerprint density at radius 3 is 0.701 bits per heavy atom. The quantitative estimate of drug-likeness (QED) is 0.167. The maximum atomic E-state index is 14.3. The summed E-state index contributed by atoms with van der Waals surface area (Å²) in [6.07, 6.45) is 0. The first kappa shape index (κ1) is 63.6. The molecule has 8 bridgehead atoms. The van der Waals surface area contributed by atoms with E-state index in [4.69, 9.17) is 3.67 Å². The van der Waals surface area contributed by atoms with E-state index in [0.29, 0.717) is 39.2 Å². The zero-order valence-electron chi connectivity index (χ0n) is 45.6. The largest absolute Gasteiger partial charge is 0.144 e. The normalized spacial score (nSPS) is 12.6. The molecule has 13 heteroatoms. The summed E-state index contributed by atoms with van der Waals surface area (Å²) in [4.78, 5) is 4.23. The van der Waals surface area contributed by atoms with Gasteiger partial charge in [0.05, 0.1) is 19.6 Å². The minimum Gasteiger partial charge on any atom is -0.0620 e. The van der Waals surface area contributed by atoms with Crippen LogP contribution in [-0.2, 0) is 42.7 Å². The molecule has 8 aromatic carbocycles. The van der Waals surface area contributed by atoms with E-state index in [9.17, 15) is 20.4 Å². The number of halogens is 2. The molecule has 0 unspecified atom stereocenters. The van der Waals surface area contributed by atoms with Crippen LogP contribution in [-0.4, -0.2) is 10.2 Å². The van der Waals surface area contributed by atoms with Crippen molar-refractivity contribution in [1.29, 1.82) is 0 Å². The van der Waals surface area contributed by atoms with Crippen molar-refractivity contribution in [3.8, 4) is 23.0 Å². The SMILES string of the molecule is CC(C)(C)c1cc2c([O-])c(c1)Sc1cc(C(C)(C)C)cc(c1O)Sc1cc(C(C)(C)C)cc(c1O)Sc1cc(C(C)(C)C)cc(c1[O-])S2.Cl.Cl.[O]=[V].c1ccc([P+](c2ccccc2)(c2ccccc2)c2ccccc2)cc1. The van der Waals surface area contributed by atoms with Gasteiger partial charge in [-0.25, -0.2) is 0 Å². The standard InChI is InChI=1S/C40H48O4S4.C24H20P.2ClH.O.V/c1-37(2,3)21-13-25-33(41)26(14-21)46-28-16-23(39(7,8)9)18-30(35(28)43)48-32-20-24(40(10,11)12)19-31(36(32)44)47-29-17-22(38(4,5)6)15-27(45-25)34(29)42;1-5-13-21(14-6-1)25(22-15-7-2-8-16-22,23-17-9-3-10-18-23)24-19-11-4-12-20-24;;;;/h13-20,41-44H,1-12H3;1-20H;2*1H;;/q;+1;;;;/p-2. The van der Waals surface area contributed by atoms with E-state index >= 15 is 0 Å². The minimum absolute atomic E-state index is 0. The molecule has 1 aliphatic heterocycles. The average Bonchev–Trinajstić information content (AvgIpc) is 3.37. The van der Waals surface area contributed by atoms with E-state index < -0.39 is 7.26 Å². The van der Waals surface area contributed by atoms with Crippen molar-refractivity contribution in [3.05, 3.63) is 192 Å². The monoisotopic (exact) mass is 1200 g/mol. The maximum Gasteiger partial charge on any atom is 0.144 e. The molecule has 403 valence electrons. The van der Waals surface area contributed by atoms with Gasteiger partial charge in [-0.3, -0.25) is 0 Å². The fourth-order valence-corrected chi connectivity index (χ4v) is 17.2. The van der Waals surface area contributed by atoms with Gasteiger partial charge in [0.2, 0.25) is 0 Å². The summed E-state index contributed by atoms with van der Waals surface area (Å²) in [5.41, 5.74) is 2.91. The predicted molar refractivity (Wildman–Crippen MR) is 326 cm³/mol. The molecular formula is C64H68Cl2O5PS4V-. The van der Waals surface area contributed by atoms with Crippen molar-refractivity contribution in [2.45, 2.75) is 144 Å². The van der Waals surface area contributed by atoms with Gasteiger partial charge in [-0.2, -0.15) is 0 Å². The van der Waals surface area contributed by atoms with Gasteiger partial charge in [0.25, 0.3) is 0 Å². The number of rotatable bonds is 4. The van der Waals surface area contributed by atoms with Crippen LogP contribution in [0.2, 0.25) is 0 Å². The Bertz CT molecular complexity index is 2750. The number of hydrogen-bond acceptors (Lipinski definition) is 9. The molecule has 0 spiro atoms. The van der Waals surface area contributed by atoms with Crippen LogP contribution in [0.15, 0.2) is 209 Å². The molecular weight excluding hydrogens is 1130 g/mol. The van der Waals surface area contributed by atoms with Crippen LogP contribution >= 0.6 is 79.1 Å². The number of phenols is 2. The van der Waals surface area contributed by atoms with E-state index in [2.05, 4.69) is 204 Å². The van der Waals surface area contributed by atoms with Gasteiger partial charge in [-0.05, 0) is 141 Å². The Balaban J connectivity index is 0.000000317. The first-order chi connectivity index (χ1) is 35.3. The van der Waals surface area contributed by atoms with E-state index in [1.54, 1.807) is 0 Å². The van der Waals surface area contributed by atoms with Gasteiger partial charge in [0.15, 0.2) is 0 Å². The van der Waals surface area contributed by atoms with Gasteiger partial charge in [0, 0.05) is 19.6 Å². The van der Waals surface area contributed by atoms with E-state index in [-0.39, 0.29) is 69.5 Å². The number of fused-ring (bicyclic) bond motifs is 8. The van der Waals surface area contributed by atoms with Gasteiger partial charge < -0.3 is 20.4 Å². The van der Waals surface area contributed by atoms with Gasteiger partial charge in [-0.15, -0.1) is 24.8 Å². The number of aromatic hydroxyl groups is 2. The third-order valence-electron chi connectivity index (χ3n) is 13.0. The molecule has 0 radical (unpaired) electrons. The second-order valence-electron chi connectivity index (χ2n) is 22.7. The molecule has 5 nitrogen and oxygen atoms in total. The maximum absolute atomic E-state index is 14.3. The molecule has 2 N–H and O–H groups in total. The summed E-state index contributed by atoms with van der Waals surface area (Å²) in [6, 6.07) is 59.4. The summed E-state index contributed by atoms with van der Waals surface area (Å²) in [6.45, 7) is 25.4. The molecule has 0 saturated heterocycles. The molecule has 0 aliphatic carbocycles. The first-order valence-corrected chi connectivity index (χ1v) is 30.5. The molecule has 77 heavy (non-hydrogen) atoms. The third-order valence-corrected chi connectivity index (χ3v) is 21.5. The molecule has 0 aromatic heterocycles. The number of phenolic OH excluding ortho intramolecular Hbond substituents is 2. The summed E-state index contributed by atoms with van der Waals surface area (Å²) < 4.78 is 8.19. The van der Waals surface area contributed by atoms with Gasteiger partial charge in [-0.1, -0.05) is 214 Å². The molecule has 0 atom stereocenters. The fraction of sp³-hybridized carbons (Fsp3) is 0.250. The number of benzene rings is 8. The van der Waals surface area contributed by atoms with E-state index in [1.165, 1.54) is 68.3 Å². The molecule has 9 rings (SSSR count). The van der Waals surface area contributed by atoms with Crippen molar-refractivity contribution < 1.29 is 41.5 Å². The van der Waals surface area contributed by atoms with Crippen LogP contribution in [0.3, 0.4) is 0 Å². The Morgan fingerprint density at radius 2 is 0.506 bits per heavy atom. The Morgan fingerprint density at radius 1 is 0.338 bits per heavy atom. The molecule has 0 fully saturated rings. The molecule has 0 saturated carbocycles. The summed E-state index contributed by atoms with van der Waals surface area (Å²) in [5.74, 6) is -0.215.